The molecular formula is C18H19N3O5. The average molecular weight is 357 g/mol. The molecule has 0 unspecified atom stereocenters. The van der Waals surface area contributed by atoms with E-state index in [-0.39, 0.29) is 23.6 Å². The lowest BCUT2D eigenvalue weighted by Gasteiger charge is -2.07. The largest absolute Gasteiger partial charge is 0.507 e. The highest BCUT2D eigenvalue weighted by atomic mass is 16.6. The number of amides is 1. The summed E-state index contributed by atoms with van der Waals surface area (Å²) in [5, 5.41) is 24.5. The van der Waals surface area contributed by atoms with Gasteiger partial charge in [0.05, 0.1) is 11.1 Å². The summed E-state index contributed by atoms with van der Waals surface area (Å²) in [6, 6.07) is 7.92. The van der Waals surface area contributed by atoms with Crippen LogP contribution in [0, 0.1) is 30.9 Å². The van der Waals surface area contributed by atoms with E-state index in [1.165, 1.54) is 19.1 Å². The lowest BCUT2D eigenvalue weighted by molar-refractivity contribution is -0.384. The number of rotatable bonds is 6. The molecule has 26 heavy (non-hydrogen) atoms. The van der Waals surface area contributed by atoms with Crippen LogP contribution < -0.4 is 10.2 Å². The maximum atomic E-state index is 11.8. The van der Waals surface area contributed by atoms with Gasteiger partial charge >= 0.3 is 0 Å². The van der Waals surface area contributed by atoms with Crippen LogP contribution in [0.4, 0.5) is 5.69 Å². The summed E-state index contributed by atoms with van der Waals surface area (Å²) in [7, 11) is 0. The maximum absolute atomic E-state index is 11.8. The van der Waals surface area contributed by atoms with Gasteiger partial charge in [-0.25, -0.2) is 5.43 Å². The zero-order chi connectivity index (χ0) is 19.3. The fourth-order valence-corrected chi connectivity index (χ4v) is 2.15. The fourth-order valence-electron chi connectivity index (χ4n) is 2.15. The number of phenolic OH excluding ortho intramolecular Hbond substituents is 1. The smallest absolute Gasteiger partial charge is 0.277 e. The van der Waals surface area contributed by atoms with Crippen LogP contribution in [-0.2, 0) is 4.79 Å². The van der Waals surface area contributed by atoms with Crippen LogP contribution in [0.25, 0.3) is 0 Å². The minimum Gasteiger partial charge on any atom is -0.507 e. The number of carbonyl (C=O) groups is 1. The Hall–Kier alpha value is -3.42. The summed E-state index contributed by atoms with van der Waals surface area (Å²) in [5.41, 5.74) is 4.72. The molecule has 0 saturated heterocycles. The zero-order valence-corrected chi connectivity index (χ0v) is 14.6. The number of ether oxygens (including phenoxy) is 1. The highest BCUT2D eigenvalue weighted by molar-refractivity contribution is 5.87. The topological polar surface area (TPSA) is 114 Å². The first-order valence-electron chi connectivity index (χ1n) is 7.78. The summed E-state index contributed by atoms with van der Waals surface area (Å²) in [6.07, 6.45) is 1.14. The molecule has 0 aliphatic carbocycles. The predicted octanol–water partition coefficient (Wildman–Crippen LogP) is 2.75. The summed E-state index contributed by atoms with van der Waals surface area (Å²) >= 11 is 0. The number of phenols is 1. The number of nitro benzene ring substituents is 1. The van der Waals surface area contributed by atoms with Crippen LogP contribution in [-0.4, -0.2) is 28.8 Å². The van der Waals surface area contributed by atoms with Crippen LogP contribution in [0.15, 0.2) is 35.4 Å². The van der Waals surface area contributed by atoms with E-state index in [0.717, 1.165) is 17.3 Å². The number of nitrogens with zero attached hydrogens (tertiary/aromatic N) is 2. The number of hydrazone groups is 1. The highest BCUT2D eigenvalue weighted by Gasteiger charge is 2.12. The molecule has 8 nitrogen and oxygen atoms in total. The Morgan fingerprint density at radius 1 is 1.23 bits per heavy atom. The molecule has 1 amide bonds. The Bertz CT molecular complexity index is 877. The fraction of sp³-hybridized carbons (Fsp3) is 0.222. The van der Waals surface area contributed by atoms with E-state index < -0.39 is 10.8 Å². The molecule has 0 radical (unpaired) electrons. The van der Waals surface area contributed by atoms with E-state index in [4.69, 9.17) is 4.74 Å². The molecule has 0 atom stereocenters. The van der Waals surface area contributed by atoms with Gasteiger partial charge in [0.1, 0.15) is 11.5 Å². The van der Waals surface area contributed by atoms with Crippen molar-refractivity contribution in [3.05, 3.63) is 62.7 Å². The molecule has 0 aliphatic rings. The van der Waals surface area contributed by atoms with Crippen LogP contribution >= 0.6 is 0 Å². The lowest BCUT2D eigenvalue weighted by Crippen LogP contribution is -2.24. The third-order valence-corrected chi connectivity index (χ3v) is 3.77. The van der Waals surface area contributed by atoms with Crippen molar-refractivity contribution in [2.45, 2.75) is 20.8 Å². The first kappa shape index (κ1) is 18.9. The summed E-state index contributed by atoms with van der Waals surface area (Å²) in [5.74, 6) is -0.0692. The van der Waals surface area contributed by atoms with E-state index in [2.05, 4.69) is 10.5 Å². The lowest BCUT2D eigenvalue weighted by atomic mass is 10.1. The Morgan fingerprint density at radius 2 is 1.96 bits per heavy atom. The third kappa shape index (κ3) is 4.79. The second kappa shape index (κ2) is 8.11. The summed E-state index contributed by atoms with van der Waals surface area (Å²) < 4.78 is 5.38. The van der Waals surface area contributed by atoms with Gasteiger partial charge in [-0.15, -0.1) is 0 Å². The van der Waals surface area contributed by atoms with Crippen molar-refractivity contribution < 1.29 is 19.6 Å². The van der Waals surface area contributed by atoms with Gasteiger partial charge in [-0.3, -0.25) is 14.9 Å². The number of nitro groups is 1. The molecule has 0 bridgehead atoms. The second-order valence-corrected chi connectivity index (χ2v) is 5.79. The van der Waals surface area contributed by atoms with E-state index in [0.29, 0.717) is 11.3 Å². The van der Waals surface area contributed by atoms with Crippen molar-refractivity contribution in [1.82, 2.24) is 5.43 Å². The molecule has 2 rings (SSSR count). The van der Waals surface area contributed by atoms with Crippen molar-refractivity contribution in [2.24, 2.45) is 5.10 Å². The SMILES string of the molecule is Cc1ccc(OCC(=O)NN=Cc2cc([N+](=O)[O-])cc(C)c2O)cc1C. The molecule has 136 valence electrons. The second-order valence-electron chi connectivity index (χ2n) is 5.79. The van der Waals surface area contributed by atoms with Gasteiger partial charge in [-0.2, -0.15) is 5.10 Å². The minimum absolute atomic E-state index is 0.132. The third-order valence-electron chi connectivity index (χ3n) is 3.77. The number of nitrogens with one attached hydrogen (secondary N) is 1. The molecule has 2 aromatic rings. The maximum Gasteiger partial charge on any atom is 0.277 e. The molecule has 0 aliphatic heterocycles. The monoisotopic (exact) mass is 357 g/mol. The first-order valence-corrected chi connectivity index (χ1v) is 7.78. The predicted molar refractivity (Wildman–Crippen MR) is 96.6 cm³/mol. The number of non-ortho nitro benzene ring substituents is 1. The van der Waals surface area contributed by atoms with Crippen molar-refractivity contribution in [3.8, 4) is 11.5 Å². The van der Waals surface area contributed by atoms with Crippen molar-refractivity contribution >= 4 is 17.8 Å². The van der Waals surface area contributed by atoms with Crippen LogP contribution in [0.5, 0.6) is 11.5 Å². The molecule has 0 aromatic heterocycles. The van der Waals surface area contributed by atoms with E-state index in [9.17, 15) is 20.0 Å². The molecule has 0 spiro atoms. The quantitative estimate of drug-likeness (QED) is 0.469. The Morgan fingerprint density at radius 3 is 2.62 bits per heavy atom. The van der Waals surface area contributed by atoms with Crippen molar-refractivity contribution in [3.63, 3.8) is 0 Å². The number of hydrogen-bond donors (Lipinski definition) is 2. The molecule has 8 heteroatoms. The van der Waals surface area contributed by atoms with Crippen LogP contribution in [0.1, 0.15) is 22.3 Å². The first-order chi connectivity index (χ1) is 12.3. The van der Waals surface area contributed by atoms with E-state index in [1.807, 2.05) is 26.0 Å². The molecule has 0 heterocycles. The highest BCUT2D eigenvalue weighted by Crippen LogP contribution is 2.26. The standard InChI is InChI=1S/C18H19N3O5/c1-11-4-5-16(7-12(11)2)26-10-17(22)20-19-9-14-8-15(21(24)25)6-13(3)18(14)23/h4-9,23H,10H2,1-3H3,(H,20,22). The van der Waals surface area contributed by atoms with Gasteiger partial charge in [-0.05, 0) is 49.6 Å². The Labute approximate surface area is 150 Å². The van der Waals surface area contributed by atoms with E-state index >= 15 is 0 Å². The number of aromatic hydroxyl groups is 1. The average Bonchev–Trinajstić information content (AvgIpc) is 2.59. The number of aryl methyl sites for hydroxylation is 3. The van der Waals surface area contributed by atoms with Gasteiger partial charge in [-0.1, -0.05) is 6.07 Å². The van der Waals surface area contributed by atoms with Gasteiger partial charge in [0.2, 0.25) is 0 Å². The van der Waals surface area contributed by atoms with Crippen molar-refractivity contribution in [1.29, 1.82) is 0 Å². The molecule has 0 fully saturated rings. The molecule has 2 N–H and O–H groups in total. The van der Waals surface area contributed by atoms with Crippen LogP contribution in [0.3, 0.4) is 0 Å². The van der Waals surface area contributed by atoms with Gasteiger partial charge in [0.15, 0.2) is 6.61 Å². The molecular weight excluding hydrogens is 338 g/mol. The minimum atomic E-state index is -0.570. The summed E-state index contributed by atoms with van der Waals surface area (Å²) in [6.45, 7) is 5.22. The number of benzene rings is 2. The van der Waals surface area contributed by atoms with Crippen LogP contribution in [0.2, 0.25) is 0 Å². The van der Waals surface area contributed by atoms with Crippen molar-refractivity contribution in [2.75, 3.05) is 6.61 Å². The zero-order valence-electron chi connectivity index (χ0n) is 14.6. The molecule has 0 saturated carbocycles. The van der Waals surface area contributed by atoms with Gasteiger partial charge < -0.3 is 9.84 Å². The normalized spacial score (nSPS) is 10.7. The Balaban J connectivity index is 1.96. The molecule has 2 aromatic carbocycles. The number of hydrogen-bond acceptors (Lipinski definition) is 6. The number of carbonyl (C=O) groups excluding carboxylic acids is 1. The van der Waals surface area contributed by atoms with Gasteiger partial charge in [0.25, 0.3) is 11.6 Å². The van der Waals surface area contributed by atoms with E-state index in [1.54, 1.807) is 6.07 Å². The van der Waals surface area contributed by atoms with Gasteiger partial charge in [0, 0.05) is 17.7 Å². The Kier molecular flexibility index (Phi) is 5.90. The summed E-state index contributed by atoms with van der Waals surface area (Å²) in [4.78, 5) is 22.1.